The van der Waals surface area contributed by atoms with Gasteiger partial charge < -0.3 is 15.2 Å². The standard InChI is InChI=1S/C27H32N2O4/c1-8-33-25(32)18-9-11-20(12-10-18)29-24(31)19(16-28)13-17-14-21(26(2,3)4)23(30)22(15-17)27(5,6)7/h9-15,30H,8H2,1-7H3,(H,29,31)/b19-13+. The molecule has 1 amide bonds. The third-order valence-electron chi connectivity index (χ3n) is 5.08. The zero-order valence-corrected chi connectivity index (χ0v) is 20.4. The second-order valence-corrected chi connectivity index (χ2v) is 9.89. The quantitative estimate of drug-likeness (QED) is 0.347. The number of esters is 1. The van der Waals surface area contributed by atoms with Crippen LogP contribution in [0, 0.1) is 11.3 Å². The molecule has 2 aromatic carbocycles. The predicted octanol–water partition coefficient (Wildman–Crippen LogP) is 5.71. The van der Waals surface area contributed by atoms with Gasteiger partial charge in [0.15, 0.2) is 0 Å². The zero-order chi connectivity index (χ0) is 25.0. The molecule has 0 aromatic heterocycles. The van der Waals surface area contributed by atoms with Crippen LogP contribution in [0.5, 0.6) is 5.75 Å². The van der Waals surface area contributed by atoms with Crippen LogP contribution in [0.25, 0.3) is 6.08 Å². The molecular formula is C27H32N2O4. The maximum absolute atomic E-state index is 12.8. The van der Waals surface area contributed by atoms with Crippen LogP contribution < -0.4 is 5.32 Å². The number of ether oxygens (including phenoxy) is 1. The molecule has 0 saturated carbocycles. The third kappa shape index (κ3) is 6.45. The summed E-state index contributed by atoms with van der Waals surface area (Å²) < 4.78 is 4.95. The van der Waals surface area contributed by atoms with Crippen molar-refractivity contribution in [3.8, 4) is 11.8 Å². The Hall–Kier alpha value is -3.59. The van der Waals surface area contributed by atoms with Gasteiger partial charge in [0, 0.05) is 16.8 Å². The number of hydrogen-bond donors (Lipinski definition) is 2. The lowest BCUT2D eigenvalue weighted by Crippen LogP contribution is -2.18. The Morgan fingerprint density at radius 2 is 1.55 bits per heavy atom. The van der Waals surface area contributed by atoms with Crippen LogP contribution in [-0.2, 0) is 20.4 Å². The summed E-state index contributed by atoms with van der Waals surface area (Å²) in [5.74, 6) is -0.773. The molecule has 0 aliphatic heterocycles. The summed E-state index contributed by atoms with van der Waals surface area (Å²) in [5, 5.41) is 23.2. The van der Waals surface area contributed by atoms with Gasteiger partial charge in [-0.25, -0.2) is 4.79 Å². The van der Waals surface area contributed by atoms with Gasteiger partial charge >= 0.3 is 5.97 Å². The fourth-order valence-electron chi connectivity index (χ4n) is 3.30. The fourth-order valence-corrected chi connectivity index (χ4v) is 3.30. The first-order valence-corrected chi connectivity index (χ1v) is 10.9. The summed E-state index contributed by atoms with van der Waals surface area (Å²) >= 11 is 0. The first-order chi connectivity index (χ1) is 15.3. The van der Waals surface area contributed by atoms with Gasteiger partial charge in [-0.05, 0) is 65.8 Å². The minimum Gasteiger partial charge on any atom is -0.507 e. The SMILES string of the molecule is CCOC(=O)c1ccc(NC(=O)/C(C#N)=C/c2cc(C(C)(C)C)c(O)c(C(C)(C)C)c2)cc1. The van der Waals surface area contributed by atoms with Crippen LogP contribution in [0.15, 0.2) is 42.0 Å². The van der Waals surface area contributed by atoms with Crippen molar-refractivity contribution < 1.29 is 19.4 Å². The molecule has 0 heterocycles. The molecule has 0 aliphatic carbocycles. The number of benzene rings is 2. The van der Waals surface area contributed by atoms with Crippen LogP contribution in [0.4, 0.5) is 5.69 Å². The van der Waals surface area contributed by atoms with E-state index in [9.17, 15) is 20.0 Å². The van der Waals surface area contributed by atoms with E-state index < -0.39 is 11.9 Å². The highest BCUT2D eigenvalue weighted by Crippen LogP contribution is 2.40. The van der Waals surface area contributed by atoms with Gasteiger partial charge in [0.2, 0.25) is 0 Å². The maximum atomic E-state index is 12.8. The number of rotatable bonds is 5. The number of hydrogen-bond acceptors (Lipinski definition) is 5. The number of amides is 1. The Bertz CT molecular complexity index is 1070. The number of anilines is 1. The molecule has 0 saturated heterocycles. The number of carbonyl (C=O) groups excluding carboxylic acids is 2. The van der Waals surface area contributed by atoms with E-state index in [1.54, 1.807) is 31.2 Å². The smallest absolute Gasteiger partial charge is 0.338 e. The first-order valence-electron chi connectivity index (χ1n) is 10.9. The van der Waals surface area contributed by atoms with Crippen molar-refractivity contribution in [1.82, 2.24) is 0 Å². The average molecular weight is 449 g/mol. The normalized spacial score (nSPS) is 12.1. The zero-order valence-electron chi connectivity index (χ0n) is 20.4. The Labute approximate surface area is 195 Å². The van der Waals surface area contributed by atoms with Crippen LogP contribution >= 0.6 is 0 Å². The second-order valence-electron chi connectivity index (χ2n) is 9.89. The fraction of sp³-hybridized carbons (Fsp3) is 0.370. The Morgan fingerprint density at radius 1 is 1.03 bits per heavy atom. The largest absolute Gasteiger partial charge is 0.507 e. The molecule has 2 rings (SSSR count). The summed E-state index contributed by atoms with van der Waals surface area (Å²) in [7, 11) is 0. The third-order valence-corrected chi connectivity index (χ3v) is 5.08. The second kappa shape index (κ2) is 9.91. The minimum absolute atomic E-state index is 0.0742. The molecular weight excluding hydrogens is 416 g/mol. The minimum atomic E-state index is -0.566. The van der Waals surface area contributed by atoms with E-state index >= 15 is 0 Å². The number of phenols is 1. The summed E-state index contributed by atoms with van der Waals surface area (Å²) in [6.07, 6.45) is 1.52. The van der Waals surface area contributed by atoms with Crippen molar-refractivity contribution in [2.45, 2.75) is 59.3 Å². The van der Waals surface area contributed by atoms with Crippen LogP contribution in [-0.4, -0.2) is 23.6 Å². The van der Waals surface area contributed by atoms with Gasteiger partial charge in [-0.3, -0.25) is 4.79 Å². The van der Waals surface area contributed by atoms with Crippen molar-refractivity contribution in [1.29, 1.82) is 5.26 Å². The number of aromatic hydroxyl groups is 1. The number of phenolic OH excluding ortho intramolecular Hbond substituents is 1. The van der Waals surface area contributed by atoms with Gasteiger partial charge in [-0.2, -0.15) is 5.26 Å². The van der Waals surface area contributed by atoms with E-state index in [2.05, 4.69) is 5.32 Å². The van der Waals surface area contributed by atoms with E-state index in [1.165, 1.54) is 6.08 Å². The van der Waals surface area contributed by atoms with Crippen molar-refractivity contribution in [3.63, 3.8) is 0 Å². The number of nitrogens with one attached hydrogen (secondary N) is 1. The van der Waals surface area contributed by atoms with Crippen molar-refractivity contribution in [2.24, 2.45) is 0 Å². The highest BCUT2D eigenvalue weighted by Gasteiger charge is 2.26. The molecule has 0 atom stereocenters. The summed E-state index contributed by atoms with van der Waals surface area (Å²) in [6, 6.07) is 11.8. The predicted molar refractivity (Wildman–Crippen MR) is 130 cm³/mol. The highest BCUT2D eigenvalue weighted by molar-refractivity contribution is 6.09. The van der Waals surface area contributed by atoms with E-state index in [1.807, 2.05) is 59.7 Å². The molecule has 2 aromatic rings. The van der Waals surface area contributed by atoms with E-state index in [0.717, 1.165) is 11.1 Å². The molecule has 174 valence electrons. The highest BCUT2D eigenvalue weighted by atomic mass is 16.5. The summed E-state index contributed by atoms with van der Waals surface area (Å²) in [4.78, 5) is 24.5. The van der Waals surface area contributed by atoms with Gasteiger partial charge in [-0.15, -0.1) is 0 Å². The van der Waals surface area contributed by atoms with Gasteiger partial charge in [0.1, 0.15) is 17.4 Å². The summed E-state index contributed by atoms with van der Waals surface area (Å²) in [6.45, 7) is 14.0. The van der Waals surface area contributed by atoms with E-state index in [4.69, 9.17) is 4.74 Å². The molecule has 0 radical (unpaired) electrons. The van der Waals surface area contributed by atoms with Gasteiger partial charge in [0.25, 0.3) is 5.91 Å². The molecule has 0 aliphatic rings. The molecule has 6 heteroatoms. The lowest BCUT2D eigenvalue weighted by molar-refractivity contribution is -0.112. The Morgan fingerprint density at radius 3 is 1.97 bits per heavy atom. The molecule has 0 bridgehead atoms. The first kappa shape index (κ1) is 25.7. The van der Waals surface area contributed by atoms with Crippen LogP contribution in [0.1, 0.15) is 75.5 Å². The molecule has 6 nitrogen and oxygen atoms in total. The van der Waals surface area contributed by atoms with E-state index in [0.29, 0.717) is 16.8 Å². The summed E-state index contributed by atoms with van der Waals surface area (Å²) in [5.41, 5.74) is 2.24. The molecule has 0 fully saturated rings. The van der Waals surface area contributed by atoms with Crippen molar-refractivity contribution in [3.05, 3.63) is 64.2 Å². The Kier molecular flexibility index (Phi) is 7.71. The Balaban J connectivity index is 2.39. The number of nitrogens with zero attached hydrogens (tertiary/aromatic N) is 1. The van der Waals surface area contributed by atoms with Crippen molar-refractivity contribution >= 4 is 23.6 Å². The average Bonchev–Trinajstić information content (AvgIpc) is 2.71. The molecule has 2 N–H and O–H groups in total. The van der Waals surface area contributed by atoms with Crippen LogP contribution in [0.3, 0.4) is 0 Å². The van der Waals surface area contributed by atoms with Crippen molar-refractivity contribution in [2.75, 3.05) is 11.9 Å². The maximum Gasteiger partial charge on any atom is 0.338 e. The molecule has 0 spiro atoms. The lowest BCUT2D eigenvalue weighted by atomic mass is 9.78. The monoisotopic (exact) mass is 448 g/mol. The lowest BCUT2D eigenvalue weighted by Gasteiger charge is -2.28. The molecule has 0 unspecified atom stereocenters. The van der Waals surface area contributed by atoms with Gasteiger partial charge in [0.05, 0.1) is 12.2 Å². The van der Waals surface area contributed by atoms with Gasteiger partial charge in [-0.1, -0.05) is 41.5 Å². The number of carbonyl (C=O) groups is 2. The van der Waals surface area contributed by atoms with E-state index in [-0.39, 0.29) is 28.8 Å². The molecule has 33 heavy (non-hydrogen) atoms. The van der Waals surface area contributed by atoms with Crippen LogP contribution in [0.2, 0.25) is 0 Å². The number of nitriles is 1. The topological polar surface area (TPSA) is 99.4 Å².